The van der Waals surface area contributed by atoms with Gasteiger partial charge >= 0.3 is 0 Å². The lowest BCUT2D eigenvalue weighted by atomic mass is 9.64. The van der Waals surface area contributed by atoms with Gasteiger partial charge in [-0.3, -0.25) is 0 Å². The smallest absolute Gasteiger partial charge is 0.0300 e. The first-order chi connectivity index (χ1) is 8.17. The second-order valence-corrected chi connectivity index (χ2v) is 5.83. The van der Waals surface area contributed by atoms with Gasteiger partial charge in [0.2, 0.25) is 0 Å². The summed E-state index contributed by atoms with van der Waals surface area (Å²) in [7, 11) is 0. The minimum atomic E-state index is 0.735. The molecule has 0 aliphatic heterocycles. The van der Waals surface area contributed by atoms with Crippen molar-refractivity contribution in [1.82, 2.24) is 0 Å². The lowest BCUT2D eigenvalue weighted by Crippen LogP contribution is -2.29. The molecule has 104 valence electrons. The van der Waals surface area contributed by atoms with Gasteiger partial charge < -0.3 is 0 Å². The second kappa shape index (κ2) is 9.00. The first-order valence-corrected chi connectivity index (χ1v) is 8.17. The maximum Gasteiger partial charge on any atom is -0.0300 e. The van der Waals surface area contributed by atoms with Gasteiger partial charge in [0.1, 0.15) is 0 Å². The van der Waals surface area contributed by atoms with Crippen LogP contribution in [0, 0.1) is 17.3 Å². The highest BCUT2D eigenvalue weighted by Gasteiger charge is 2.33. The monoisotopic (exact) mass is 240 g/mol. The molecule has 0 amide bonds. The zero-order valence-electron chi connectivity index (χ0n) is 13.3. The SMILES string of the molecule is CC.CCCC1(CC)CCC(C(C)CC)CC1. The lowest BCUT2D eigenvalue weighted by molar-refractivity contribution is 0.105. The zero-order chi connectivity index (χ0) is 13.3. The van der Waals surface area contributed by atoms with Crippen molar-refractivity contribution < 1.29 is 0 Å². The van der Waals surface area contributed by atoms with Gasteiger partial charge in [-0.15, -0.1) is 0 Å². The third-order valence-electron chi connectivity index (χ3n) is 5.07. The van der Waals surface area contributed by atoms with Crippen molar-refractivity contribution in [3.8, 4) is 0 Å². The van der Waals surface area contributed by atoms with Gasteiger partial charge in [-0.25, -0.2) is 0 Å². The molecule has 0 heterocycles. The molecule has 0 aromatic rings. The largest absolute Gasteiger partial charge is 0.0683 e. The van der Waals surface area contributed by atoms with Crippen LogP contribution >= 0.6 is 0 Å². The Hall–Kier alpha value is 0. The average molecular weight is 240 g/mol. The van der Waals surface area contributed by atoms with Crippen LogP contribution in [0.4, 0.5) is 0 Å². The topological polar surface area (TPSA) is 0 Å². The Labute approximate surface area is 111 Å². The van der Waals surface area contributed by atoms with Crippen LogP contribution in [-0.2, 0) is 0 Å². The van der Waals surface area contributed by atoms with Crippen molar-refractivity contribution >= 4 is 0 Å². The van der Waals surface area contributed by atoms with E-state index in [-0.39, 0.29) is 0 Å². The molecular formula is C17H36. The molecule has 0 radical (unpaired) electrons. The molecule has 1 fully saturated rings. The summed E-state index contributed by atoms with van der Waals surface area (Å²) in [4.78, 5) is 0. The molecule has 1 unspecified atom stereocenters. The van der Waals surface area contributed by atoms with Gasteiger partial charge in [-0.05, 0) is 49.4 Å². The molecule has 0 aromatic heterocycles. The summed E-state index contributed by atoms with van der Waals surface area (Å²) in [6.07, 6.45) is 11.6. The quantitative estimate of drug-likeness (QED) is 0.518. The minimum Gasteiger partial charge on any atom is -0.0683 e. The molecular weight excluding hydrogens is 204 g/mol. The molecule has 1 aliphatic carbocycles. The van der Waals surface area contributed by atoms with Crippen LogP contribution in [0.5, 0.6) is 0 Å². The third kappa shape index (κ3) is 5.02. The van der Waals surface area contributed by atoms with Crippen molar-refractivity contribution in [2.75, 3.05) is 0 Å². The predicted molar refractivity (Wildman–Crippen MR) is 80.4 cm³/mol. The Bertz CT molecular complexity index is 163. The van der Waals surface area contributed by atoms with Crippen LogP contribution in [0.25, 0.3) is 0 Å². The van der Waals surface area contributed by atoms with Gasteiger partial charge in [-0.2, -0.15) is 0 Å². The summed E-state index contributed by atoms with van der Waals surface area (Å²) >= 11 is 0. The van der Waals surface area contributed by atoms with E-state index in [1.807, 2.05) is 13.8 Å². The van der Waals surface area contributed by atoms with Gasteiger partial charge in [0, 0.05) is 0 Å². The van der Waals surface area contributed by atoms with Gasteiger partial charge in [0.25, 0.3) is 0 Å². The normalized spacial score (nSPS) is 30.4. The predicted octanol–water partition coefficient (Wildman–Crippen LogP) is 6.45. The number of rotatable bonds is 5. The summed E-state index contributed by atoms with van der Waals surface area (Å²) in [6.45, 7) is 13.5. The van der Waals surface area contributed by atoms with Crippen molar-refractivity contribution in [2.45, 2.75) is 92.9 Å². The van der Waals surface area contributed by atoms with Gasteiger partial charge in [0.05, 0.1) is 0 Å². The zero-order valence-corrected chi connectivity index (χ0v) is 13.3. The molecule has 1 atom stereocenters. The Morgan fingerprint density at radius 1 is 1.06 bits per heavy atom. The summed E-state index contributed by atoms with van der Waals surface area (Å²) < 4.78 is 0. The molecule has 17 heavy (non-hydrogen) atoms. The molecule has 0 bridgehead atoms. The minimum absolute atomic E-state index is 0.735. The highest BCUT2D eigenvalue weighted by Crippen LogP contribution is 2.46. The van der Waals surface area contributed by atoms with E-state index in [1.165, 1.54) is 51.4 Å². The van der Waals surface area contributed by atoms with Crippen molar-refractivity contribution in [1.29, 1.82) is 0 Å². The van der Waals surface area contributed by atoms with E-state index in [9.17, 15) is 0 Å². The Balaban J connectivity index is 0.00000121. The maximum absolute atomic E-state index is 2.45. The molecule has 1 saturated carbocycles. The maximum atomic E-state index is 2.45. The van der Waals surface area contributed by atoms with Crippen LogP contribution in [0.2, 0.25) is 0 Å². The molecule has 0 saturated heterocycles. The molecule has 0 aromatic carbocycles. The van der Waals surface area contributed by atoms with E-state index in [2.05, 4.69) is 27.7 Å². The lowest BCUT2D eigenvalue weighted by Gasteiger charge is -2.41. The summed E-state index contributed by atoms with van der Waals surface area (Å²) in [5, 5.41) is 0. The van der Waals surface area contributed by atoms with Crippen LogP contribution < -0.4 is 0 Å². The molecule has 1 rings (SSSR count). The van der Waals surface area contributed by atoms with E-state index in [1.54, 1.807) is 0 Å². The van der Waals surface area contributed by atoms with Crippen LogP contribution in [-0.4, -0.2) is 0 Å². The van der Waals surface area contributed by atoms with Gasteiger partial charge in [0.15, 0.2) is 0 Å². The molecule has 0 spiro atoms. The van der Waals surface area contributed by atoms with E-state index in [0.29, 0.717) is 0 Å². The van der Waals surface area contributed by atoms with E-state index >= 15 is 0 Å². The van der Waals surface area contributed by atoms with Crippen LogP contribution in [0.3, 0.4) is 0 Å². The number of hydrogen-bond donors (Lipinski definition) is 0. The summed E-state index contributed by atoms with van der Waals surface area (Å²) in [5.41, 5.74) is 0.735. The summed E-state index contributed by atoms with van der Waals surface area (Å²) in [5.74, 6) is 1.99. The van der Waals surface area contributed by atoms with Crippen molar-refractivity contribution in [2.24, 2.45) is 17.3 Å². The Morgan fingerprint density at radius 2 is 1.59 bits per heavy atom. The molecule has 0 N–H and O–H groups in total. The highest BCUT2D eigenvalue weighted by atomic mass is 14.4. The fourth-order valence-electron chi connectivity index (χ4n) is 3.47. The first kappa shape index (κ1) is 17.0. The van der Waals surface area contributed by atoms with Crippen LogP contribution in [0.15, 0.2) is 0 Å². The fourth-order valence-corrected chi connectivity index (χ4v) is 3.47. The summed E-state index contributed by atoms with van der Waals surface area (Å²) in [6, 6.07) is 0. The Morgan fingerprint density at radius 3 is 1.94 bits per heavy atom. The number of hydrogen-bond acceptors (Lipinski definition) is 0. The molecule has 0 nitrogen and oxygen atoms in total. The first-order valence-electron chi connectivity index (χ1n) is 8.17. The Kier molecular flexibility index (Phi) is 9.00. The highest BCUT2D eigenvalue weighted by molar-refractivity contribution is 4.85. The van der Waals surface area contributed by atoms with Gasteiger partial charge in [-0.1, -0.05) is 60.8 Å². The fraction of sp³-hybridized carbons (Fsp3) is 1.00. The van der Waals surface area contributed by atoms with E-state index in [0.717, 1.165) is 17.3 Å². The molecule has 0 heteroatoms. The standard InChI is InChI=1S/C15H30.C2H6/c1-5-10-15(7-3)11-8-14(9-12-15)13(4)6-2;1-2/h13-14H,5-12H2,1-4H3;1-2H3. The van der Waals surface area contributed by atoms with Crippen molar-refractivity contribution in [3.05, 3.63) is 0 Å². The van der Waals surface area contributed by atoms with E-state index < -0.39 is 0 Å². The third-order valence-corrected chi connectivity index (χ3v) is 5.07. The second-order valence-electron chi connectivity index (χ2n) is 5.83. The molecule has 1 aliphatic rings. The van der Waals surface area contributed by atoms with Crippen LogP contribution in [0.1, 0.15) is 92.9 Å². The van der Waals surface area contributed by atoms with E-state index in [4.69, 9.17) is 0 Å². The van der Waals surface area contributed by atoms with Crippen molar-refractivity contribution in [3.63, 3.8) is 0 Å². The average Bonchev–Trinajstić information content (AvgIpc) is 2.41.